The monoisotopic (exact) mass is 279 g/mol. The minimum atomic E-state index is -0.326. The molecule has 18 heavy (non-hydrogen) atoms. The Kier molecular flexibility index (Phi) is 4.38. The Morgan fingerprint density at radius 1 is 1.50 bits per heavy atom. The SMILES string of the molecule is C=CCSC1=N/C(=C\c2cccc(F)c2)C(=O)S1. The molecule has 0 saturated heterocycles. The van der Waals surface area contributed by atoms with Gasteiger partial charge in [0.1, 0.15) is 15.9 Å². The lowest BCUT2D eigenvalue weighted by atomic mass is 10.2. The fourth-order valence-electron chi connectivity index (χ4n) is 1.34. The van der Waals surface area contributed by atoms with E-state index in [1.54, 1.807) is 24.3 Å². The highest BCUT2D eigenvalue weighted by Gasteiger charge is 2.21. The van der Waals surface area contributed by atoms with Crippen molar-refractivity contribution in [1.82, 2.24) is 0 Å². The van der Waals surface area contributed by atoms with E-state index in [1.165, 1.54) is 23.9 Å². The van der Waals surface area contributed by atoms with Crippen molar-refractivity contribution in [2.75, 3.05) is 5.75 Å². The fraction of sp³-hybridized carbons (Fsp3) is 0.0769. The molecule has 2 nitrogen and oxygen atoms in total. The third kappa shape index (κ3) is 3.34. The lowest BCUT2D eigenvalue weighted by molar-refractivity contribution is -0.107. The lowest BCUT2D eigenvalue weighted by Gasteiger charge is -1.94. The van der Waals surface area contributed by atoms with E-state index in [0.29, 0.717) is 21.4 Å². The molecule has 0 atom stereocenters. The smallest absolute Gasteiger partial charge is 0.244 e. The third-order valence-corrected chi connectivity index (χ3v) is 4.08. The molecule has 0 saturated carbocycles. The quantitative estimate of drug-likeness (QED) is 0.624. The minimum absolute atomic E-state index is 0.106. The first-order chi connectivity index (χ1) is 8.69. The van der Waals surface area contributed by atoms with Gasteiger partial charge in [0.15, 0.2) is 0 Å². The van der Waals surface area contributed by atoms with Crippen LogP contribution in [0.1, 0.15) is 5.56 Å². The molecular weight excluding hydrogens is 269 g/mol. The number of rotatable bonds is 3. The van der Waals surface area contributed by atoms with E-state index in [9.17, 15) is 9.18 Å². The summed E-state index contributed by atoms with van der Waals surface area (Å²) in [5, 5.41) is -0.106. The van der Waals surface area contributed by atoms with Crippen molar-refractivity contribution in [3.05, 3.63) is 54.0 Å². The van der Waals surface area contributed by atoms with Gasteiger partial charge in [-0.05, 0) is 35.5 Å². The predicted octanol–water partition coefficient (Wildman–Crippen LogP) is 3.72. The van der Waals surface area contributed by atoms with Crippen molar-refractivity contribution in [2.24, 2.45) is 4.99 Å². The Balaban J connectivity index is 2.19. The van der Waals surface area contributed by atoms with Crippen molar-refractivity contribution in [3.63, 3.8) is 0 Å². The minimum Gasteiger partial charge on any atom is -0.279 e. The number of aliphatic imine (C=N–C) groups is 1. The summed E-state index contributed by atoms with van der Waals surface area (Å²) in [6.45, 7) is 3.61. The third-order valence-electron chi connectivity index (χ3n) is 2.08. The zero-order valence-electron chi connectivity index (χ0n) is 9.43. The molecule has 0 spiro atoms. The molecule has 1 heterocycles. The van der Waals surface area contributed by atoms with Crippen LogP contribution in [0.15, 0.2) is 47.6 Å². The normalized spacial score (nSPS) is 17.1. The van der Waals surface area contributed by atoms with Gasteiger partial charge in [0.25, 0.3) is 0 Å². The van der Waals surface area contributed by atoms with Crippen molar-refractivity contribution < 1.29 is 9.18 Å². The second-order valence-corrected chi connectivity index (χ2v) is 5.68. The Morgan fingerprint density at radius 3 is 3.06 bits per heavy atom. The van der Waals surface area contributed by atoms with Crippen LogP contribution in [0, 0.1) is 5.82 Å². The maximum Gasteiger partial charge on any atom is 0.244 e. The van der Waals surface area contributed by atoms with Gasteiger partial charge >= 0.3 is 0 Å². The Labute approximate surface area is 113 Å². The van der Waals surface area contributed by atoms with E-state index >= 15 is 0 Å². The van der Waals surface area contributed by atoms with E-state index in [-0.39, 0.29) is 10.9 Å². The van der Waals surface area contributed by atoms with Gasteiger partial charge in [-0.2, -0.15) is 0 Å². The second-order valence-electron chi connectivity index (χ2n) is 3.45. The van der Waals surface area contributed by atoms with Crippen molar-refractivity contribution in [1.29, 1.82) is 0 Å². The number of carbonyl (C=O) groups excluding carboxylic acids is 1. The van der Waals surface area contributed by atoms with E-state index in [1.807, 2.05) is 0 Å². The molecule has 0 fully saturated rings. The molecule has 1 aliphatic rings. The number of halogens is 1. The topological polar surface area (TPSA) is 29.4 Å². The predicted molar refractivity (Wildman–Crippen MR) is 77.1 cm³/mol. The van der Waals surface area contributed by atoms with E-state index in [0.717, 1.165) is 11.8 Å². The van der Waals surface area contributed by atoms with Gasteiger partial charge in [-0.3, -0.25) is 4.79 Å². The molecule has 0 radical (unpaired) electrons. The summed E-state index contributed by atoms with van der Waals surface area (Å²) in [5.74, 6) is 0.388. The number of carbonyl (C=O) groups is 1. The molecule has 5 heteroatoms. The van der Waals surface area contributed by atoms with Gasteiger partial charge in [-0.1, -0.05) is 30.0 Å². The average Bonchev–Trinajstić information content (AvgIpc) is 2.68. The van der Waals surface area contributed by atoms with Gasteiger partial charge in [0.2, 0.25) is 5.12 Å². The van der Waals surface area contributed by atoms with Crippen LogP contribution in [0.25, 0.3) is 6.08 Å². The molecule has 0 bridgehead atoms. The zero-order chi connectivity index (χ0) is 13.0. The van der Waals surface area contributed by atoms with Crippen LogP contribution in [0.4, 0.5) is 4.39 Å². The molecule has 92 valence electrons. The average molecular weight is 279 g/mol. The summed E-state index contributed by atoms with van der Waals surface area (Å²) in [5.41, 5.74) is 0.995. The van der Waals surface area contributed by atoms with Gasteiger partial charge in [0.05, 0.1) is 0 Å². The Bertz CT molecular complexity index is 552. The number of nitrogens with zero attached hydrogens (tertiary/aromatic N) is 1. The Morgan fingerprint density at radius 2 is 2.33 bits per heavy atom. The van der Waals surface area contributed by atoms with E-state index in [2.05, 4.69) is 11.6 Å². The fourth-order valence-corrected chi connectivity index (χ4v) is 2.94. The number of thioether (sulfide) groups is 2. The zero-order valence-corrected chi connectivity index (χ0v) is 11.1. The van der Waals surface area contributed by atoms with Crippen LogP contribution in [0.3, 0.4) is 0 Å². The van der Waals surface area contributed by atoms with Crippen LogP contribution < -0.4 is 0 Å². The summed E-state index contributed by atoms with van der Waals surface area (Å²) in [4.78, 5) is 15.9. The van der Waals surface area contributed by atoms with Crippen LogP contribution in [-0.2, 0) is 4.79 Å². The molecule has 1 aliphatic heterocycles. The maximum absolute atomic E-state index is 13.0. The van der Waals surface area contributed by atoms with Crippen LogP contribution in [-0.4, -0.2) is 15.2 Å². The highest BCUT2D eigenvalue weighted by Crippen LogP contribution is 2.30. The molecule has 1 aromatic carbocycles. The Hall–Kier alpha value is -1.33. The first-order valence-corrected chi connectivity index (χ1v) is 7.01. The van der Waals surface area contributed by atoms with Crippen molar-refractivity contribution in [3.8, 4) is 0 Å². The van der Waals surface area contributed by atoms with Crippen LogP contribution in [0.2, 0.25) is 0 Å². The highest BCUT2D eigenvalue weighted by molar-refractivity contribution is 8.45. The summed E-state index contributed by atoms with van der Waals surface area (Å²) >= 11 is 2.57. The molecule has 0 N–H and O–H groups in total. The van der Waals surface area contributed by atoms with Gasteiger partial charge in [-0.15, -0.1) is 6.58 Å². The van der Waals surface area contributed by atoms with E-state index < -0.39 is 0 Å². The molecule has 1 aromatic rings. The summed E-state index contributed by atoms with van der Waals surface area (Å²) in [6.07, 6.45) is 3.35. The molecule has 0 aromatic heterocycles. The largest absolute Gasteiger partial charge is 0.279 e. The molecule has 0 aliphatic carbocycles. The standard InChI is InChI=1S/C13H10FNOS2/c1-2-6-17-13-15-11(12(16)18-13)8-9-4-3-5-10(14)7-9/h2-5,7-8H,1,6H2/b11-8-. The molecule has 2 rings (SSSR count). The van der Waals surface area contributed by atoms with Crippen molar-refractivity contribution >= 4 is 39.1 Å². The van der Waals surface area contributed by atoms with Gasteiger partial charge in [-0.25, -0.2) is 9.38 Å². The molecular formula is C13H10FNOS2. The van der Waals surface area contributed by atoms with Crippen LogP contribution in [0.5, 0.6) is 0 Å². The second kappa shape index (κ2) is 6.02. The van der Waals surface area contributed by atoms with Crippen molar-refractivity contribution in [2.45, 2.75) is 0 Å². The number of hydrogen-bond acceptors (Lipinski definition) is 4. The number of benzene rings is 1. The summed E-state index contributed by atoms with van der Waals surface area (Å²) < 4.78 is 13.7. The highest BCUT2D eigenvalue weighted by atomic mass is 32.2. The lowest BCUT2D eigenvalue weighted by Crippen LogP contribution is -1.88. The number of hydrogen-bond donors (Lipinski definition) is 0. The maximum atomic E-state index is 13.0. The first kappa shape index (κ1) is 13.1. The first-order valence-electron chi connectivity index (χ1n) is 5.21. The molecule has 0 amide bonds. The van der Waals surface area contributed by atoms with Gasteiger partial charge in [0, 0.05) is 5.75 Å². The van der Waals surface area contributed by atoms with E-state index in [4.69, 9.17) is 0 Å². The summed E-state index contributed by atoms with van der Waals surface area (Å²) in [7, 11) is 0. The van der Waals surface area contributed by atoms with Gasteiger partial charge < -0.3 is 0 Å². The molecule has 0 unspecified atom stereocenters. The van der Waals surface area contributed by atoms with Crippen LogP contribution >= 0.6 is 23.5 Å². The summed E-state index contributed by atoms with van der Waals surface area (Å²) in [6, 6.07) is 6.07.